The molecule has 1 aromatic carbocycles. The number of hydrogen-bond acceptors (Lipinski definition) is 6. The number of piperidine rings is 1. The number of aryl methyl sites for hydroxylation is 1. The molecule has 1 amide bonds. The summed E-state index contributed by atoms with van der Waals surface area (Å²) >= 11 is 0. The minimum absolute atomic E-state index is 0.0223. The summed E-state index contributed by atoms with van der Waals surface area (Å²) in [6.45, 7) is 1.92. The average molecular weight is 359 g/mol. The molecule has 0 bridgehead atoms. The number of benzene rings is 1. The Morgan fingerprint density at radius 3 is 2.88 bits per heavy atom. The van der Waals surface area contributed by atoms with Gasteiger partial charge in [-0.15, -0.1) is 0 Å². The number of aromatic nitrogens is 1. The number of oxazole rings is 1. The van der Waals surface area contributed by atoms with E-state index in [0.29, 0.717) is 19.5 Å². The maximum absolute atomic E-state index is 11.9. The minimum atomic E-state index is -1.33. The lowest BCUT2D eigenvalue weighted by Gasteiger charge is -2.42. The molecule has 1 fully saturated rings. The van der Waals surface area contributed by atoms with E-state index in [1.54, 1.807) is 0 Å². The van der Waals surface area contributed by atoms with E-state index in [1.807, 2.05) is 18.2 Å². The summed E-state index contributed by atoms with van der Waals surface area (Å²) in [5.41, 5.74) is -0.0253. The highest BCUT2D eigenvalue weighted by Gasteiger charge is 2.40. The van der Waals surface area contributed by atoms with Crippen LogP contribution in [-0.4, -0.2) is 63.9 Å². The van der Waals surface area contributed by atoms with Crippen molar-refractivity contribution < 1.29 is 19.4 Å². The van der Waals surface area contributed by atoms with Crippen molar-refractivity contribution in [1.29, 1.82) is 0 Å². The lowest BCUT2D eigenvalue weighted by Crippen LogP contribution is -2.60. The Bertz CT molecular complexity index is 692. The molecule has 2 heterocycles. The number of aliphatic hydroxyl groups excluding tert-OH is 1. The third-order valence-electron chi connectivity index (χ3n) is 4.91. The number of likely N-dealkylation sites (tertiary alicyclic amines) is 1. The molecule has 3 N–H and O–H groups in total. The van der Waals surface area contributed by atoms with Gasteiger partial charge in [0.15, 0.2) is 6.39 Å². The molecule has 1 aliphatic heterocycles. The van der Waals surface area contributed by atoms with Crippen LogP contribution in [-0.2, 0) is 6.42 Å². The van der Waals surface area contributed by atoms with Gasteiger partial charge in [-0.1, -0.05) is 30.3 Å². The van der Waals surface area contributed by atoms with Crippen LogP contribution in [0.25, 0.3) is 0 Å². The summed E-state index contributed by atoms with van der Waals surface area (Å²) < 4.78 is 4.92. The van der Waals surface area contributed by atoms with E-state index in [4.69, 9.17) is 4.42 Å². The van der Waals surface area contributed by atoms with Gasteiger partial charge in [0.1, 0.15) is 5.60 Å². The van der Waals surface area contributed by atoms with Crippen molar-refractivity contribution >= 4 is 5.91 Å². The van der Waals surface area contributed by atoms with Gasteiger partial charge >= 0.3 is 0 Å². The maximum Gasteiger partial charge on any atom is 0.288 e. The number of nitrogens with one attached hydrogen (secondary N) is 1. The quantitative estimate of drug-likeness (QED) is 0.677. The zero-order valence-electron chi connectivity index (χ0n) is 14.7. The Balaban J connectivity index is 1.42. The number of carbonyl (C=O) groups is 1. The molecule has 1 aliphatic rings. The number of nitrogens with zero attached hydrogens (tertiary/aromatic N) is 2. The molecule has 0 spiro atoms. The Morgan fingerprint density at radius 1 is 1.38 bits per heavy atom. The average Bonchev–Trinajstić information content (AvgIpc) is 3.19. The van der Waals surface area contributed by atoms with Gasteiger partial charge in [-0.3, -0.25) is 4.79 Å². The molecule has 2 atom stereocenters. The van der Waals surface area contributed by atoms with Crippen LogP contribution in [0, 0.1) is 0 Å². The summed E-state index contributed by atoms with van der Waals surface area (Å²) in [6.07, 6.45) is 3.96. The van der Waals surface area contributed by atoms with E-state index >= 15 is 0 Å². The third-order valence-corrected chi connectivity index (χ3v) is 4.91. The second kappa shape index (κ2) is 8.44. The smallest absolute Gasteiger partial charge is 0.288 e. The van der Waals surface area contributed by atoms with E-state index in [-0.39, 0.29) is 12.3 Å². The fourth-order valence-corrected chi connectivity index (χ4v) is 3.23. The number of rotatable bonds is 7. The van der Waals surface area contributed by atoms with Crippen LogP contribution in [0.3, 0.4) is 0 Å². The lowest BCUT2D eigenvalue weighted by molar-refractivity contribution is -0.115. The predicted octanol–water partition coefficient (Wildman–Crippen LogP) is 0.835. The second-order valence-electron chi connectivity index (χ2n) is 6.81. The molecule has 2 aromatic rings. The van der Waals surface area contributed by atoms with Gasteiger partial charge in [0.05, 0.1) is 12.3 Å². The predicted molar refractivity (Wildman–Crippen MR) is 95.6 cm³/mol. The lowest BCUT2D eigenvalue weighted by atomic mass is 9.88. The summed E-state index contributed by atoms with van der Waals surface area (Å²) in [4.78, 5) is 17.7. The minimum Gasteiger partial charge on any atom is -0.438 e. The Hall–Kier alpha value is -2.22. The maximum atomic E-state index is 11.9. The highest BCUT2D eigenvalue weighted by molar-refractivity contribution is 5.91. The first-order chi connectivity index (χ1) is 12.6. The fraction of sp³-hybridized carbons (Fsp3) is 0.474. The van der Waals surface area contributed by atoms with Crippen molar-refractivity contribution in [3.8, 4) is 0 Å². The number of carbonyl (C=O) groups excluding carboxylic acids is 1. The molecule has 0 unspecified atom stereocenters. The monoisotopic (exact) mass is 359 g/mol. The van der Waals surface area contributed by atoms with Crippen molar-refractivity contribution in [2.45, 2.75) is 31.0 Å². The van der Waals surface area contributed by atoms with Crippen LogP contribution < -0.4 is 5.32 Å². The van der Waals surface area contributed by atoms with Crippen LogP contribution in [0.4, 0.5) is 0 Å². The van der Waals surface area contributed by atoms with Gasteiger partial charge in [0.2, 0.25) is 5.76 Å². The first-order valence-electron chi connectivity index (χ1n) is 8.90. The number of aliphatic hydroxyl groups is 2. The van der Waals surface area contributed by atoms with Crippen molar-refractivity contribution in [3.63, 3.8) is 0 Å². The first kappa shape index (κ1) is 18.6. The van der Waals surface area contributed by atoms with E-state index in [1.165, 1.54) is 18.2 Å². The first-order valence-corrected chi connectivity index (χ1v) is 8.90. The van der Waals surface area contributed by atoms with Gasteiger partial charge in [-0.25, -0.2) is 4.98 Å². The topological polar surface area (TPSA) is 98.8 Å². The Kier molecular flexibility index (Phi) is 6.03. The van der Waals surface area contributed by atoms with Gasteiger partial charge in [-0.05, 0) is 31.4 Å². The van der Waals surface area contributed by atoms with Crippen molar-refractivity contribution in [3.05, 3.63) is 54.2 Å². The van der Waals surface area contributed by atoms with Gasteiger partial charge in [0, 0.05) is 19.6 Å². The highest BCUT2D eigenvalue weighted by Crippen LogP contribution is 2.22. The van der Waals surface area contributed by atoms with Crippen LogP contribution in [0.5, 0.6) is 0 Å². The Morgan fingerprint density at radius 2 is 2.19 bits per heavy atom. The molecule has 1 aromatic heterocycles. The molecular weight excluding hydrogens is 334 g/mol. The van der Waals surface area contributed by atoms with E-state index in [0.717, 1.165) is 19.4 Å². The van der Waals surface area contributed by atoms with Gasteiger partial charge in [0.25, 0.3) is 5.91 Å². The summed E-state index contributed by atoms with van der Waals surface area (Å²) in [7, 11) is 0. The highest BCUT2D eigenvalue weighted by atomic mass is 16.4. The van der Waals surface area contributed by atoms with Crippen molar-refractivity contribution in [1.82, 2.24) is 15.2 Å². The fourth-order valence-electron chi connectivity index (χ4n) is 3.23. The van der Waals surface area contributed by atoms with Crippen LogP contribution in [0.15, 0.2) is 47.3 Å². The molecule has 1 saturated heterocycles. The molecule has 140 valence electrons. The molecule has 7 heteroatoms. The van der Waals surface area contributed by atoms with E-state index in [9.17, 15) is 15.0 Å². The van der Waals surface area contributed by atoms with Crippen LogP contribution >= 0.6 is 0 Å². The van der Waals surface area contributed by atoms with Crippen molar-refractivity contribution in [2.24, 2.45) is 0 Å². The summed E-state index contributed by atoms with van der Waals surface area (Å²) in [5.74, 6) is -0.366. The number of hydrogen-bond donors (Lipinski definition) is 3. The van der Waals surface area contributed by atoms with Gasteiger partial charge in [-0.2, -0.15) is 0 Å². The molecule has 26 heavy (non-hydrogen) atoms. The zero-order chi connectivity index (χ0) is 18.4. The number of β-amino-alcohol motifs (C(OH)–C–C–N with tert-alkyl or cyclic N) is 1. The van der Waals surface area contributed by atoms with E-state index < -0.39 is 17.6 Å². The molecule has 0 aliphatic carbocycles. The van der Waals surface area contributed by atoms with Crippen LogP contribution in [0.1, 0.15) is 29.0 Å². The normalized spacial score (nSPS) is 23.7. The zero-order valence-corrected chi connectivity index (χ0v) is 14.7. The summed E-state index contributed by atoms with van der Waals surface area (Å²) in [5, 5.41) is 23.7. The molecule has 0 saturated carbocycles. The van der Waals surface area contributed by atoms with Crippen molar-refractivity contribution in [2.75, 3.05) is 26.2 Å². The molecule has 0 radical (unpaired) electrons. The van der Waals surface area contributed by atoms with Crippen LogP contribution in [0.2, 0.25) is 0 Å². The molecule has 7 nitrogen and oxygen atoms in total. The third kappa shape index (κ3) is 4.69. The number of amides is 1. The summed E-state index contributed by atoms with van der Waals surface area (Å²) in [6, 6.07) is 10.3. The second-order valence-corrected chi connectivity index (χ2v) is 6.81. The SMILES string of the molecule is O=C(NC[C@]1(O)CCN(CCCc2ccccc2)C[C@H]1O)c1cnco1. The van der Waals surface area contributed by atoms with Gasteiger partial charge < -0.3 is 24.8 Å². The Labute approximate surface area is 152 Å². The standard InChI is InChI=1S/C19H25N3O4/c23-17-12-22(9-4-7-15-5-2-1-3-6-15)10-8-19(17,25)13-21-18(24)16-11-20-14-26-16/h1-3,5-6,11,14,17,23,25H,4,7-10,12-13H2,(H,21,24)/t17-,19-/m1/s1. The molecular formula is C19H25N3O4. The molecule has 3 rings (SSSR count). The van der Waals surface area contributed by atoms with E-state index in [2.05, 4.69) is 27.3 Å². The largest absolute Gasteiger partial charge is 0.438 e.